The van der Waals surface area contributed by atoms with Crippen molar-refractivity contribution >= 4 is 23.2 Å². The number of pyridine rings is 1. The summed E-state index contributed by atoms with van der Waals surface area (Å²) in [5.41, 5.74) is 2.67. The largest absolute Gasteiger partial charge is 0.342 e. The van der Waals surface area contributed by atoms with Crippen molar-refractivity contribution < 1.29 is 14.0 Å². The Kier molecular flexibility index (Phi) is 4.54. The van der Waals surface area contributed by atoms with Gasteiger partial charge in [-0.05, 0) is 36.4 Å². The van der Waals surface area contributed by atoms with Gasteiger partial charge in [0.1, 0.15) is 5.82 Å². The highest BCUT2D eigenvalue weighted by Gasteiger charge is 2.23. The number of benzene rings is 2. The van der Waals surface area contributed by atoms with Crippen molar-refractivity contribution in [3.05, 3.63) is 66.0 Å². The van der Waals surface area contributed by atoms with Crippen LogP contribution in [-0.2, 0) is 4.79 Å². The fourth-order valence-corrected chi connectivity index (χ4v) is 3.32. The van der Waals surface area contributed by atoms with Gasteiger partial charge in [-0.2, -0.15) is 0 Å². The van der Waals surface area contributed by atoms with E-state index in [1.807, 2.05) is 24.3 Å². The summed E-state index contributed by atoms with van der Waals surface area (Å²) in [6, 6.07) is 15.3. The van der Waals surface area contributed by atoms with E-state index in [-0.39, 0.29) is 11.7 Å². The van der Waals surface area contributed by atoms with E-state index in [0.717, 1.165) is 17.4 Å². The first-order chi connectivity index (χ1) is 13.2. The van der Waals surface area contributed by atoms with Gasteiger partial charge in [0.15, 0.2) is 0 Å². The molecule has 0 spiro atoms. The summed E-state index contributed by atoms with van der Waals surface area (Å²) in [6.45, 7) is 2.06. The molecule has 0 atom stereocenters. The molecule has 2 heterocycles. The van der Waals surface area contributed by atoms with Crippen molar-refractivity contribution in [1.29, 1.82) is 0 Å². The van der Waals surface area contributed by atoms with Gasteiger partial charge in [-0.1, -0.05) is 18.2 Å². The van der Waals surface area contributed by atoms with Gasteiger partial charge in [0.05, 0.1) is 16.8 Å². The number of carbonyl (C=O) groups excluding carboxylic acids is 2. The van der Waals surface area contributed by atoms with E-state index in [2.05, 4.69) is 4.98 Å². The van der Waals surface area contributed by atoms with Gasteiger partial charge in [-0.25, -0.2) is 9.37 Å². The maximum Gasteiger partial charge on any atom is 0.254 e. The Balaban J connectivity index is 1.75. The summed E-state index contributed by atoms with van der Waals surface area (Å²) in [5.74, 6) is -0.397. The highest BCUT2D eigenvalue weighted by molar-refractivity contribution is 6.07. The molecule has 0 saturated carbocycles. The van der Waals surface area contributed by atoms with Gasteiger partial charge in [-0.3, -0.25) is 9.59 Å². The topological polar surface area (TPSA) is 53.5 Å². The average molecular weight is 363 g/mol. The Hall–Kier alpha value is -3.28. The summed E-state index contributed by atoms with van der Waals surface area (Å²) in [5, 5.41) is 0.783. The van der Waals surface area contributed by atoms with Crippen molar-refractivity contribution in [2.75, 3.05) is 26.2 Å². The number of aromatic nitrogens is 1. The molecule has 1 aliphatic heterocycles. The van der Waals surface area contributed by atoms with Crippen LogP contribution in [0.25, 0.3) is 22.2 Å². The molecule has 2 aromatic carbocycles. The summed E-state index contributed by atoms with van der Waals surface area (Å²) in [6.07, 6.45) is 0.816. The molecule has 0 unspecified atom stereocenters. The molecule has 1 aromatic heterocycles. The molecule has 1 fully saturated rings. The van der Waals surface area contributed by atoms with Crippen LogP contribution in [0.4, 0.5) is 4.39 Å². The standard InChI is InChI=1S/C21H18FN3O2/c22-16-7-5-15(6-8-16)20-13-18(17-3-1-2-4-19(17)23-20)21(27)25-11-9-24(14-26)10-12-25/h1-8,13-14H,9-12H2. The summed E-state index contributed by atoms with van der Waals surface area (Å²) >= 11 is 0. The number of nitrogens with zero attached hydrogens (tertiary/aromatic N) is 3. The van der Waals surface area contributed by atoms with E-state index in [1.165, 1.54) is 12.1 Å². The fraction of sp³-hybridized carbons (Fsp3) is 0.190. The van der Waals surface area contributed by atoms with Crippen LogP contribution in [0.2, 0.25) is 0 Å². The van der Waals surface area contributed by atoms with E-state index < -0.39 is 0 Å². The Morgan fingerprint density at radius 3 is 2.41 bits per heavy atom. The van der Waals surface area contributed by atoms with Crippen LogP contribution >= 0.6 is 0 Å². The van der Waals surface area contributed by atoms with Crippen molar-refractivity contribution in [3.8, 4) is 11.3 Å². The number of piperazine rings is 1. The molecule has 4 rings (SSSR count). The van der Waals surface area contributed by atoms with E-state index in [0.29, 0.717) is 43.0 Å². The minimum absolute atomic E-state index is 0.0810. The summed E-state index contributed by atoms with van der Waals surface area (Å²) in [4.78, 5) is 32.1. The second-order valence-corrected chi connectivity index (χ2v) is 6.51. The van der Waals surface area contributed by atoms with Crippen LogP contribution in [0.15, 0.2) is 54.6 Å². The first-order valence-corrected chi connectivity index (χ1v) is 8.80. The van der Waals surface area contributed by atoms with Crippen LogP contribution < -0.4 is 0 Å². The van der Waals surface area contributed by atoms with Crippen LogP contribution in [0, 0.1) is 5.82 Å². The second-order valence-electron chi connectivity index (χ2n) is 6.51. The molecule has 0 N–H and O–H groups in total. The molecule has 27 heavy (non-hydrogen) atoms. The zero-order chi connectivity index (χ0) is 18.8. The van der Waals surface area contributed by atoms with Crippen LogP contribution in [0.3, 0.4) is 0 Å². The second kappa shape index (κ2) is 7.15. The third kappa shape index (κ3) is 3.38. The Morgan fingerprint density at radius 1 is 1.00 bits per heavy atom. The number of carbonyl (C=O) groups is 2. The molecule has 0 aliphatic carbocycles. The van der Waals surface area contributed by atoms with E-state index >= 15 is 0 Å². The van der Waals surface area contributed by atoms with E-state index in [9.17, 15) is 14.0 Å². The maximum atomic E-state index is 13.3. The molecule has 5 nitrogen and oxygen atoms in total. The Labute approximate surface area is 156 Å². The smallest absolute Gasteiger partial charge is 0.254 e. The highest BCUT2D eigenvalue weighted by atomic mass is 19.1. The van der Waals surface area contributed by atoms with Crippen LogP contribution in [-0.4, -0.2) is 53.3 Å². The van der Waals surface area contributed by atoms with Gasteiger partial charge in [0.25, 0.3) is 5.91 Å². The van der Waals surface area contributed by atoms with E-state index in [4.69, 9.17) is 0 Å². The lowest BCUT2D eigenvalue weighted by Gasteiger charge is -2.32. The van der Waals surface area contributed by atoms with Crippen molar-refractivity contribution in [3.63, 3.8) is 0 Å². The van der Waals surface area contributed by atoms with Crippen LogP contribution in [0.1, 0.15) is 10.4 Å². The van der Waals surface area contributed by atoms with Crippen LogP contribution in [0.5, 0.6) is 0 Å². The van der Waals surface area contributed by atoms with Gasteiger partial charge in [0.2, 0.25) is 6.41 Å². The SMILES string of the molecule is O=CN1CCN(C(=O)c2cc(-c3ccc(F)cc3)nc3ccccc23)CC1. The lowest BCUT2D eigenvalue weighted by atomic mass is 10.0. The average Bonchev–Trinajstić information content (AvgIpc) is 2.73. The van der Waals surface area contributed by atoms with Crippen molar-refractivity contribution in [2.45, 2.75) is 0 Å². The summed E-state index contributed by atoms with van der Waals surface area (Å²) < 4.78 is 13.3. The predicted octanol–water partition coefficient (Wildman–Crippen LogP) is 2.96. The Morgan fingerprint density at radius 2 is 1.70 bits per heavy atom. The fourth-order valence-electron chi connectivity index (χ4n) is 3.32. The Bertz CT molecular complexity index is 996. The number of hydrogen-bond donors (Lipinski definition) is 0. The quantitative estimate of drug-likeness (QED) is 0.673. The zero-order valence-corrected chi connectivity index (χ0v) is 14.6. The monoisotopic (exact) mass is 363 g/mol. The minimum Gasteiger partial charge on any atom is -0.342 e. The summed E-state index contributed by atoms with van der Waals surface area (Å²) in [7, 11) is 0. The minimum atomic E-state index is -0.316. The van der Waals surface area contributed by atoms with Gasteiger partial charge >= 0.3 is 0 Å². The molecule has 2 amide bonds. The third-order valence-electron chi connectivity index (χ3n) is 4.84. The predicted molar refractivity (Wildman–Crippen MR) is 101 cm³/mol. The highest BCUT2D eigenvalue weighted by Crippen LogP contribution is 2.26. The molecular weight excluding hydrogens is 345 g/mol. The van der Waals surface area contributed by atoms with Gasteiger partial charge < -0.3 is 9.80 Å². The number of fused-ring (bicyclic) bond motifs is 1. The maximum absolute atomic E-state index is 13.3. The number of amides is 2. The molecule has 6 heteroatoms. The molecule has 0 bridgehead atoms. The van der Waals surface area contributed by atoms with Crippen molar-refractivity contribution in [1.82, 2.24) is 14.8 Å². The first kappa shape index (κ1) is 17.1. The number of para-hydroxylation sites is 1. The molecule has 3 aromatic rings. The number of hydrogen-bond acceptors (Lipinski definition) is 3. The lowest BCUT2D eigenvalue weighted by molar-refractivity contribution is -0.119. The van der Waals surface area contributed by atoms with Gasteiger partial charge in [-0.15, -0.1) is 0 Å². The third-order valence-corrected chi connectivity index (χ3v) is 4.84. The molecule has 136 valence electrons. The number of halogens is 1. The zero-order valence-electron chi connectivity index (χ0n) is 14.6. The van der Waals surface area contributed by atoms with E-state index in [1.54, 1.807) is 28.0 Å². The lowest BCUT2D eigenvalue weighted by Crippen LogP contribution is -2.48. The van der Waals surface area contributed by atoms with Gasteiger partial charge in [0, 0.05) is 37.1 Å². The molecular formula is C21H18FN3O2. The molecule has 1 saturated heterocycles. The number of rotatable bonds is 3. The normalized spacial score (nSPS) is 14.4. The molecule has 0 radical (unpaired) electrons. The molecule has 1 aliphatic rings. The van der Waals surface area contributed by atoms with Crippen molar-refractivity contribution in [2.24, 2.45) is 0 Å². The first-order valence-electron chi connectivity index (χ1n) is 8.80.